The molecule has 162 valence electrons. The molecule has 0 unspecified atom stereocenters. The summed E-state index contributed by atoms with van der Waals surface area (Å²) in [6.07, 6.45) is 0. The van der Waals surface area contributed by atoms with Gasteiger partial charge in [-0.1, -0.05) is 23.8 Å². The Morgan fingerprint density at radius 2 is 1.53 bits per heavy atom. The Morgan fingerprint density at radius 1 is 0.933 bits per heavy atom. The monoisotopic (exact) mass is 430 g/mol. The number of anilines is 1. The maximum absolute atomic E-state index is 13.0. The maximum Gasteiger partial charge on any atom is 0.279 e. The lowest BCUT2D eigenvalue weighted by Crippen LogP contribution is -3.15. The normalized spacial score (nSPS) is 15.9. The van der Waals surface area contributed by atoms with E-state index in [1.165, 1.54) is 9.87 Å². The molecule has 0 aromatic heterocycles. The average Bonchev–Trinajstić information content (AvgIpc) is 2.67. The molecule has 0 atom stereocenters. The van der Waals surface area contributed by atoms with E-state index in [1.807, 2.05) is 40.7 Å². The van der Waals surface area contributed by atoms with E-state index in [1.54, 1.807) is 12.1 Å². The van der Waals surface area contributed by atoms with E-state index in [0.717, 1.165) is 32.8 Å². The minimum absolute atomic E-state index is 0.0366. The third kappa shape index (κ3) is 4.91. The Kier molecular flexibility index (Phi) is 6.65. The van der Waals surface area contributed by atoms with Gasteiger partial charge in [0.15, 0.2) is 6.54 Å². The van der Waals surface area contributed by atoms with Crippen molar-refractivity contribution in [3.8, 4) is 0 Å². The van der Waals surface area contributed by atoms with Crippen LogP contribution >= 0.6 is 0 Å². The smallest absolute Gasteiger partial charge is 0.279 e. The lowest BCUT2D eigenvalue weighted by atomic mass is 10.1. The van der Waals surface area contributed by atoms with Crippen molar-refractivity contribution in [2.24, 2.45) is 0 Å². The van der Waals surface area contributed by atoms with Crippen LogP contribution in [0.1, 0.15) is 27.8 Å². The first-order valence-electron chi connectivity index (χ1n) is 10.4. The topological polar surface area (TPSA) is 70.9 Å². The Morgan fingerprint density at radius 3 is 2.10 bits per heavy atom. The Balaban J connectivity index is 1.59. The molecular weight excluding hydrogens is 398 g/mol. The van der Waals surface area contributed by atoms with Crippen LogP contribution in [0, 0.1) is 34.6 Å². The van der Waals surface area contributed by atoms with E-state index in [2.05, 4.69) is 17.4 Å². The minimum Gasteiger partial charge on any atom is -0.325 e. The Hall–Kier alpha value is -2.22. The number of hydrogen-bond donors (Lipinski definition) is 2. The van der Waals surface area contributed by atoms with Gasteiger partial charge in [0.05, 0.1) is 31.1 Å². The standard InChI is InChI=1S/C23H31N3O3S/c1-16-12-19(4)23(20(5)13-16)24-22(27)15-25-8-10-26(11-9-25)30(28,29)21-7-6-17(2)18(3)14-21/h6-7,12-14H,8-11,15H2,1-5H3,(H,24,27)/p+1. The van der Waals surface area contributed by atoms with Gasteiger partial charge >= 0.3 is 0 Å². The van der Waals surface area contributed by atoms with Crippen LogP contribution in [0.2, 0.25) is 0 Å². The molecule has 1 aliphatic rings. The van der Waals surface area contributed by atoms with Crippen LogP contribution in [0.5, 0.6) is 0 Å². The van der Waals surface area contributed by atoms with Crippen LogP contribution in [-0.2, 0) is 14.8 Å². The highest BCUT2D eigenvalue weighted by Crippen LogP contribution is 2.22. The molecule has 1 fully saturated rings. The number of sulfonamides is 1. The molecule has 2 N–H and O–H groups in total. The molecule has 30 heavy (non-hydrogen) atoms. The van der Waals surface area contributed by atoms with E-state index < -0.39 is 10.0 Å². The number of quaternary nitrogens is 1. The highest BCUT2D eigenvalue weighted by molar-refractivity contribution is 7.89. The van der Waals surface area contributed by atoms with E-state index in [4.69, 9.17) is 0 Å². The van der Waals surface area contributed by atoms with Crippen molar-refractivity contribution in [1.29, 1.82) is 0 Å². The SMILES string of the molecule is Cc1cc(C)c(NC(=O)C[NH+]2CCN(S(=O)(=O)c3ccc(C)c(C)c3)CC2)c(C)c1. The number of amides is 1. The molecule has 0 radical (unpaired) electrons. The molecule has 1 aliphatic heterocycles. The number of benzene rings is 2. The first-order valence-corrected chi connectivity index (χ1v) is 11.8. The van der Waals surface area contributed by atoms with Gasteiger partial charge in [-0.3, -0.25) is 4.79 Å². The van der Waals surface area contributed by atoms with Crippen molar-refractivity contribution in [1.82, 2.24) is 4.31 Å². The zero-order valence-electron chi connectivity index (χ0n) is 18.5. The fraction of sp³-hybridized carbons (Fsp3) is 0.435. The predicted molar refractivity (Wildman–Crippen MR) is 120 cm³/mol. The van der Waals surface area contributed by atoms with Crippen LogP contribution in [-0.4, -0.2) is 51.4 Å². The second kappa shape index (κ2) is 8.88. The van der Waals surface area contributed by atoms with E-state index in [9.17, 15) is 13.2 Å². The van der Waals surface area contributed by atoms with Crippen LogP contribution in [0.15, 0.2) is 35.2 Å². The maximum atomic E-state index is 13.0. The molecule has 1 saturated heterocycles. The first-order chi connectivity index (χ1) is 14.1. The van der Waals surface area contributed by atoms with Crippen molar-refractivity contribution in [3.63, 3.8) is 0 Å². The van der Waals surface area contributed by atoms with Gasteiger partial charge in [0.2, 0.25) is 10.0 Å². The minimum atomic E-state index is -3.50. The second-order valence-corrected chi connectivity index (χ2v) is 10.3. The van der Waals surface area contributed by atoms with Gasteiger partial charge in [0, 0.05) is 5.69 Å². The molecule has 0 bridgehead atoms. The zero-order valence-corrected chi connectivity index (χ0v) is 19.3. The van der Waals surface area contributed by atoms with E-state index >= 15 is 0 Å². The average molecular weight is 431 g/mol. The molecule has 2 aromatic carbocycles. The number of aryl methyl sites for hydroxylation is 5. The molecular formula is C23H32N3O3S+. The summed E-state index contributed by atoms with van der Waals surface area (Å²) in [5.74, 6) is -0.0366. The third-order valence-corrected chi connectivity index (χ3v) is 7.79. The molecule has 0 saturated carbocycles. The summed E-state index contributed by atoms with van der Waals surface area (Å²) in [6.45, 7) is 12.3. The summed E-state index contributed by atoms with van der Waals surface area (Å²) in [6, 6.07) is 9.39. The van der Waals surface area contributed by atoms with E-state index in [-0.39, 0.29) is 5.91 Å². The molecule has 0 spiro atoms. The molecule has 3 rings (SSSR count). The second-order valence-electron chi connectivity index (χ2n) is 8.40. The summed E-state index contributed by atoms with van der Waals surface area (Å²) in [7, 11) is -3.50. The van der Waals surface area contributed by atoms with Crippen LogP contribution in [0.4, 0.5) is 5.69 Å². The molecule has 7 heteroatoms. The van der Waals surface area contributed by atoms with Crippen LogP contribution in [0.3, 0.4) is 0 Å². The van der Waals surface area contributed by atoms with Crippen molar-refractivity contribution >= 4 is 21.6 Å². The van der Waals surface area contributed by atoms with Crippen LogP contribution < -0.4 is 10.2 Å². The summed E-state index contributed by atoms with van der Waals surface area (Å²) in [5, 5.41) is 3.04. The quantitative estimate of drug-likeness (QED) is 0.759. The van der Waals surface area contributed by atoms with Gasteiger partial charge in [-0.15, -0.1) is 0 Å². The van der Waals surface area contributed by atoms with E-state index in [0.29, 0.717) is 37.6 Å². The van der Waals surface area contributed by atoms with Gasteiger partial charge in [0.25, 0.3) is 5.91 Å². The third-order valence-electron chi connectivity index (χ3n) is 5.90. The Labute approximate surface area is 179 Å². The predicted octanol–water partition coefficient (Wildman–Crippen LogP) is 1.76. The van der Waals surface area contributed by atoms with Gasteiger partial charge in [-0.05, 0) is 69.0 Å². The number of nitrogens with one attached hydrogen (secondary N) is 2. The number of nitrogens with zero attached hydrogens (tertiary/aromatic N) is 1. The number of carbonyl (C=O) groups is 1. The molecule has 1 heterocycles. The molecule has 1 amide bonds. The van der Waals surface area contributed by atoms with Crippen molar-refractivity contribution in [2.45, 2.75) is 39.5 Å². The summed E-state index contributed by atoms with van der Waals surface area (Å²) in [5.41, 5.74) is 6.21. The lowest BCUT2D eigenvalue weighted by Gasteiger charge is -2.31. The van der Waals surface area contributed by atoms with Gasteiger partial charge in [0.1, 0.15) is 0 Å². The number of carbonyl (C=O) groups excluding carboxylic acids is 1. The van der Waals surface area contributed by atoms with Gasteiger partial charge in [-0.2, -0.15) is 4.31 Å². The fourth-order valence-corrected chi connectivity index (χ4v) is 5.56. The zero-order chi connectivity index (χ0) is 22.1. The molecule has 6 nitrogen and oxygen atoms in total. The van der Waals surface area contributed by atoms with Gasteiger partial charge < -0.3 is 10.2 Å². The lowest BCUT2D eigenvalue weighted by molar-refractivity contribution is -0.895. The van der Waals surface area contributed by atoms with Crippen molar-refractivity contribution in [3.05, 3.63) is 58.1 Å². The number of hydrogen-bond acceptors (Lipinski definition) is 3. The molecule has 0 aliphatic carbocycles. The highest BCUT2D eigenvalue weighted by atomic mass is 32.2. The van der Waals surface area contributed by atoms with Crippen molar-refractivity contribution in [2.75, 3.05) is 38.0 Å². The van der Waals surface area contributed by atoms with Crippen LogP contribution in [0.25, 0.3) is 0 Å². The van der Waals surface area contributed by atoms with Gasteiger partial charge in [-0.25, -0.2) is 8.42 Å². The van der Waals surface area contributed by atoms with Crippen molar-refractivity contribution < 1.29 is 18.1 Å². The number of piperazine rings is 1. The summed E-state index contributed by atoms with van der Waals surface area (Å²) >= 11 is 0. The number of rotatable bonds is 5. The summed E-state index contributed by atoms with van der Waals surface area (Å²) in [4.78, 5) is 14.0. The molecule has 2 aromatic rings. The fourth-order valence-electron chi connectivity index (χ4n) is 4.03. The largest absolute Gasteiger partial charge is 0.325 e. The first kappa shape index (κ1) is 22.5. The Bertz CT molecular complexity index is 1030. The highest BCUT2D eigenvalue weighted by Gasteiger charge is 2.31. The summed E-state index contributed by atoms with van der Waals surface area (Å²) < 4.78 is 27.5.